The van der Waals surface area contributed by atoms with Crippen molar-refractivity contribution in [2.45, 2.75) is 25.2 Å². The van der Waals surface area contributed by atoms with Gasteiger partial charge in [-0.2, -0.15) is 0 Å². The number of aromatic carboxylic acids is 1. The maximum absolute atomic E-state index is 10.8. The van der Waals surface area contributed by atoms with E-state index < -0.39 is 5.97 Å². The van der Waals surface area contributed by atoms with Crippen LogP contribution in [0.25, 0.3) is 11.0 Å². The van der Waals surface area contributed by atoms with E-state index in [0.717, 1.165) is 23.9 Å². The molecule has 2 aromatic rings. The van der Waals surface area contributed by atoms with Gasteiger partial charge in [0, 0.05) is 11.3 Å². The minimum atomic E-state index is -0.941. The Balaban J connectivity index is 2.10. The lowest BCUT2D eigenvalue weighted by atomic mass is 9.82. The van der Waals surface area contributed by atoms with Crippen LogP contribution in [0.1, 0.15) is 41.2 Å². The fraction of sp³-hybridized carbons (Fsp3) is 0.333. The van der Waals surface area contributed by atoms with Crippen molar-refractivity contribution in [3.05, 3.63) is 29.5 Å². The molecule has 82 valence electrons. The highest BCUT2D eigenvalue weighted by Crippen LogP contribution is 2.39. The predicted molar refractivity (Wildman–Crippen MR) is 57.6 cm³/mol. The van der Waals surface area contributed by atoms with Crippen LogP contribution >= 0.6 is 0 Å². The highest BCUT2D eigenvalue weighted by molar-refractivity contribution is 5.93. The SMILES string of the molecule is O=C(O)c1ccc2c(C3CCC3)noc2c1. The quantitative estimate of drug-likeness (QED) is 0.840. The second kappa shape index (κ2) is 3.33. The minimum Gasteiger partial charge on any atom is -0.478 e. The van der Waals surface area contributed by atoms with Crippen LogP contribution in [0.3, 0.4) is 0 Å². The van der Waals surface area contributed by atoms with Gasteiger partial charge in [0.2, 0.25) is 0 Å². The van der Waals surface area contributed by atoms with Gasteiger partial charge in [-0.25, -0.2) is 4.79 Å². The molecule has 1 aromatic carbocycles. The molecule has 1 heterocycles. The summed E-state index contributed by atoms with van der Waals surface area (Å²) < 4.78 is 5.18. The van der Waals surface area contributed by atoms with E-state index >= 15 is 0 Å². The third kappa shape index (κ3) is 1.30. The number of rotatable bonds is 2. The highest BCUT2D eigenvalue weighted by atomic mass is 16.5. The highest BCUT2D eigenvalue weighted by Gasteiger charge is 2.25. The van der Waals surface area contributed by atoms with E-state index in [4.69, 9.17) is 9.63 Å². The monoisotopic (exact) mass is 217 g/mol. The van der Waals surface area contributed by atoms with Crippen LogP contribution in [0.4, 0.5) is 0 Å². The molecule has 1 fully saturated rings. The van der Waals surface area contributed by atoms with Gasteiger partial charge in [0.05, 0.1) is 11.3 Å². The molecule has 1 aliphatic carbocycles. The molecule has 1 N–H and O–H groups in total. The summed E-state index contributed by atoms with van der Waals surface area (Å²) in [6, 6.07) is 4.93. The number of fused-ring (bicyclic) bond motifs is 1. The van der Waals surface area contributed by atoms with E-state index in [2.05, 4.69) is 5.16 Å². The van der Waals surface area contributed by atoms with E-state index in [1.165, 1.54) is 12.5 Å². The summed E-state index contributed by atoms with van der Waals surface area (Å²) in [5.41, 5.74) is 1.80. The minimum absolute atomic E-state index is 0.240. The molecule has 0 atom stereocenters. The fourth-order valence-corrected chi connectivity index (χ4v) is 2.07. The van der Waals surface area contributed by atoms with Crippen LogP contribution in [0, 0.1) is 0 Å². The van der Waals surface area contributed by atoms with Gasteiger partial charge in [-0.05, 0) is 31.0 Å². The summed E-state index contributed by atoms with van der Waals surface area (Å²) in [7, 11) is 0. The van der Waals surface area contributed by atoms with Gasteiger partial charge >= 0.3 is 5.97 Å². The van der Waals surface area contributed by atoms with Crippen molar-refractivity contribution in [2.75, 3.05) is 0 Å². The first-order valence-corrected chi connectivity index (χ1v) is 5.38. The number of aromatic nitrogens is 1. The second-order valence-corrected chi connectivity index (χ2v) is 4.21. The number of nitrogens with zero attached hydrogens (tertiary/aromatic N) is 1. The summed E-state index contributed by atoms with van der Waals surface area (Å²) in [4.78, 5) is 10.8. The number of hydrogen-bond donors (Lipinski definition) is 1. The molecule has 4 nitrogen and oxygen atoms in total. The summed E-state index contributed by atoms with van der Waals surface area (Å²) >= 11 is 0. The molecule has 4 heteroatoms. The van der Waals surface area contributed by atoms with Crippen LogP contribution < -0.4 is 0 Å². The van der Waals surface area contributed by atoms with Crippen molar-refractivity contribution in [1.29, 1.82) is 0 Å². The number of carboxylic acid groups (broad SMARTS) is 1. The number of hydrogen-bond acceptors (Lipinski definition) is 3. The van der Waals surface area contributed by atoms with E-state index in [-0.39, 0.29) is 5.56 Å². The lowest BCUT2D eigenvalue weighted by Gasteiger charge is -2.22. The fourth-order valence-electron chi connectivity index (χ4n) is 2.07. The van der Waals surface area contributed by atoms with E-state index in [1.807, 2.05) is 0 Å². The van der Waals surface area contributed by atoms with Crippen molar-refractivity contribution in [3.8, 4) is 0 Å². The lowest BCUT2D eigenvalue weighted by Crippen LogP contribution is -2.09. The van der Waals surface area contributed by atoms with Gasteiger partial charge in [0.25, 0.3) is 0 Å². The Morgan fingerprint density at radius 3 is 2.88 bits per heavy atom. The van der Waals surface area contributed by atoms with Crippen molar-refractivity contribution in [2.24, 2.45) is 0 Å². The molecular formula is C12H11NO3. The molecule has 1 saturated carbocycles. The van der Waals surface area contributed by atoms with Crippen molar-refractivity contribution >= 4 is 16.9 Å². The number of carboxylic acids is 1. The molecule has 0 bridgehead atoms. The van der Waals surface area contributed by atoms with E-state index in [9.17, 15) is 4.79 Å². The van der Waals surface area contributed by atoms with Crippen LogP contribution in [0.15, 0.2) is 22.7 Å². The average Bonchev–Trinajstić information content (AvgIpc) is 2.59. The third-order valence-electron chi connectivity index (χ3n) is 3.24. The molecule has 0 amide bonds. The Morgan fingerprint density at radius 2 is 2.25 bits per heavy atom. The molecule has 3 rings (SSSR count). The molecule has 0 unspecified atom stereocenters. The smallest absolute Gasteiger partial charge is 0.335 e. The van der Waals surface area contributed by atoms with Gasteiger partial charge in [0.15, 0.2) is 5.58 Å². The average molecular weight is 217 g/mol. The predicted octanol–water partition coefficient (Wildman–Crippen LogP) is 2.79. The zero-order valence-electron chi connectivity index (χ0n) is 8.64. The standard InChI is InChI=1S/C12H11NO3/c14-12(15)8-4-5-9-10(6-8)16-13-11(9)7-2-1-3-7/h4-7H,1-3H2,(H,14,15). The van der Waals surface area contributed by atoms with Crippen LogP contribution in [-0.2, 0) is 0 Å². The van der Waals surface area contributed by atoms with Gasteiger partial charge < -0.3 is 9.63 Å². The first-order chi connectivity index (χ1) is 7.75. The Kier molecular flexibility index (Phi) is 1.96. The zero-order chi connectivity index (χ0) is 11.1. The Morgan fingerprint density at radius 1 is 1.44 bits per heavy atom. The summed E-state index contributed by atoms with van der Waals surface area (Å²) in [5, 5.41) is 13.9. The Bertz CT molecular complexity index is 554. The first-order valence-electron chi connectivity index (χ1n) is 5.38. The molecule has 0 saturated heterocycles. The molecule has 1 aliphatic rings. The molecule has 0 aliphatic heterocycles. The Hall–Kier alpha value is -1.84. The Labute approximate surface area is 91.9 Å². The van der Waals surface area contributed by atoms with Crippen LogP contribution in [0.5, 0.6) is 0 Å². The van der Waals surface area contributed by atoms with Crippen LogP contribution in [0.2, 0.25) is 0 Å². The molecule has 1 aromatic heterocycles. The molecule has 0 spiro atoms. The van der Waals surface area contributed by atoms with Gasteiger partial charge in [-0.15, -0.1) is 0 Å². The van der Waals surface area contributed by atoms with Gasteiger partial charge in [-0.3, -0.25) is 0 Å². The van der Waals surface area contributed by atoms with E-state index in [0.29, 0.717) is 11.5 Å². The summed E-state index contributed by atoms with van der Waals surface area (Å²) in [5.74, 6) is -0.444. The summed E-state index contributed by atoms with van der Waals surface area (Å²) in [6.07, 6.45) is 3.55. The topological polar surface area (TPSA) is 63.3 Å². The number of benzene rings is 1. The van der Waals surface area contributed by atoms with Crippen molar-refractivity contribution < 1.29 is 14.4 Å². The van der Waals surface area contributed by atoms with Crippen molar-refractivity contribution in [1.82, 2.24) is 5.16 Å². The molecule has 16 heavy (non-hydrogen) atoms. The first kappa shape index (κ1) is 9.39. The van der Waals surface area contributed by atoms with Gasteiger partial charge in [0.1, 0.15) is 0 Å². The lowest BCUT2D eigenvalue weighted by molar-refractivity contribution is 0.0697. The zero-order valence-corrected chi connectivity index (χ0v) is 8.64. The maximum atomic E-state index is 10.8. The van der Waals surface area contributed by atoms with Crippen molar-refractivity contribution in [3.63, 3.8) is 0 Å². The third-order valence-corrected chi connectivity index (χ3v) is 3.24. The summed E-state index contributed by atoms with van der Waals surface area (Å²) in [6.45, 7) is 0. The van der Waals surface area contributed by atoms with Gasteiger partial charge in [-0.1, -0.05) is 11.6 Å². The number of carbonyl (C=O) groups is 1. The maximum Gasteiger partial charge on any atom is 0.335 e. The second-order valence-electron chi connectivity index (χ2n) is 4.21. The van der Waals surface area contributed by atoms with E-state index in [1.54, 1.807) is 12.1 Å². The molecule has 0 radical (unpaired) electrons. The normalized spacial score (nSPS) is 16.2. The van der Waals surface area contributed by atoms with Crippen LogP contribution in [-0.4, -0.2) is 16.2 Å². The largest absolute Gasteiger partial charge is 0.478 e. The molecular weight excluding hydrogens is 206 g/mol.